The zero-order valence-corrected chi connectivity index (χ0v) is 14.3. The molecule has 0 saturated heterocycles. The number of aromatic hydroxyl groups is 1. The van der Waals surface area contributed by atoms with Crippen LogP contribution in [0.15, 0.2) is 29.7 Å². The number of rotatable bonds is 6. The number of hydrogen-bond acceptors (Lipinski definition) is 3. The highest BCUT2D eigenvalue weighted by molar-refractivity contribution is 8.03. The van der Waals surface area contributed by atoms with Gasteiger partial charge >= 0.3 is 0 Å². The summed E-state index contributed by atoms with van der Waals surface area (Å²) in [5, 5.41) is 13.1. The minimum Gasteiger partial charge on any atom is -0.508 e. The van der Waals surface area contributed by atoms with Gasteiger partial charge in [-0.3, -0.25) is 0 Å². The summed E-state index contributed by atoms with van der Waals surface area (Å²) >= 11 is 2.00. The molecule has 22 heavy (non-hydrogen) atoms. The van der Waals surface area contributed by atoms with E-state index in [-0.39, 0.29) is 0 Å². The van der Waals surface area contributed by atoms with Crippen molar-refractivity contribution in [2.75, 3.05) is 13.1 Å². The highest BCUT2D eigenvalue weighted by Crippen LogP contribution is 2.32. The van der Waals surface area contributed by atoms with E-state index in [0.29, 0.717) is 11.8 Å². The molecule has 120 valence electrons. The summed E-state index contributed by atoms with van der Waals surface area (Å²) in [7, 11) is 0. The molecule has 1 aromatic rings. The zero-order valence-electron chi connectivity index (χ0n) is 13.5. The van der Waals surface area contributed by atoms with Crippen LogP contribution >= 0.6 is 11.8 Å². The largest absolute Gasteiger partial charge is 0.508 e. The average Bonchev–Trinajstić information content (AvgIpc) is 3.05. The van der Waals surface area contributed by atoms with Crippen LogP contribution in [0.25, 0.3) is 0 Å². The van der Waals surface area contributed by atoms with Gasteiger partial charge in [-0.2, -0.15) is 0 Å². The van der Waals surface area contributed by atoms with E-state index in [4.69, 9.17) is 0 Å². The van der Waals surface area contributed by atoms with Crippen molar-refractivity contribution >= 4 is 11.8 Å². The van der Waals surface area contributed by atoms with Gasteiger partial charge in [-0.1, -0.05) is 25.1 Å². The lowest BCUT2D eigenvalue weighted by atomic mass is 9.86. The van der Waals surface area contributed by atoms with Crippen LogP contribution in [0.4, 0.5) is 0 Å². The van der Waals surface area contributed by atoms with Crippen molar-refractivity contribution in [3.63, 3.8) is 0 Å². The lowest BCUT2D eigenvalue weighted by molar-refractivity contribution is 0.177. The van der Waals surface area contributed by atoms with Crippen molar-refractivity contribution in [1.82, 2.24) is 4.90 Å². The number of allylic oxidation sites excluding steroid dienone is 1. The Morgan fingerprint density at radius 3 is 3.00 bits per heavy atom. The average molecular weight is 317 g/mol. The Morgan fingerprint density at radius 1 is 1.32 bits per heavy atom. The van der Waals surface area contributed by atoms with E-state index in [1.54, 1.807) is 0 Å². The van der Waals surface area contributed by atoms with Gasteiger partial charge in [0.25, 0.3) is 0 Å². The number of fused-ring (bicyclic) bond motifs is 1. The second-order valence-corrected chi connectivity index (χ2v) is 7.71. The molecule has 1 aromatic carbocycles. The molecule has 0 aromatic heterocycles. The summed E-state index contributed by atoms with van der Waals surface area (Å²) in [5.41, 5.74) is 2.54. The molecule has 1 aliphatic carbocycles. The third kappa shape index (κ3) is 3.69. The fraction of sp³-hybridized carbons (Fsp3) is 0.579. The Kier molecular flexibility index (Phi) is 5.48. The molecule has 0 bridgehead atoms. The molecular formula is C19H27NOS. The maximum Gasteiger partial charge on any atom is 0.119 e. The van der Waals surface area contributed by atoms with E-state index in [1.807, 2.05) is 23.9 Å². The van der Waals surface area contributed by atoms with Crippen molar-refractivity contribution in [2.24, 2.45) is 0 Å². The highest BCUT2D eigenvalue weighted by Gasteiger charge is 2.25. The molecule has 2 aliphatic rings. The Bertz CT molecular complexity index is 520. The molecule has 0 amide bonds. The highest BCUT2D eigenvalue weighted by atomic mass is 32.2. The van der Waals surface area contributed by atoms with Crippen LogP contribution in [0.5, 0.6) is 5.75 Å². The van der Waals surface area contributed by atoms with Crippen molar-refractivity contribution in [1.29, 1.82) is 0 Å². The van der Waals surface area contributed by atoms with Crippen LogP contribution < -0.4 is 0 Å². The van der Waals surface area contributed by atoms with E-state index in [0.717, 1.165) is 18.1 Å². The summed E-state index contributed by atoms with van der Waals surface area (Å²) in [6.45, 7) is 4.69. The summed E-state index contributed by atoms with van der Waals surface area (Å²) in [6.07, 6.45) is 9.36. The van der Waals surface area contributed by atoms with Crippen molar-refractivity contribution < 1.29 is 5.11 Å². The molecule has 0 spiro atoms. The fourth-order valence-corrected chi connectivity index (χ4v) is 4.68. The van der Waals surface area contributed by atoms with Crippen LogP contribution in [0, 0.1) is 0 Å². The molecule has 2 atom stereocenters. The van der Waals surface area contributed by atoms with E-state index in [9.17, 15) is 5.11 Å². The molecule has 1 heterocycles. The lowest BCUT2D eigenvalue weighted by Gasteiger charge is -2.35. The molecule has 3 heteroatoms. The first-order valence-corrected chi connectivity index (χ1v) is 9.56. The quantitative estimate of drug-likeness (QED) is 0.842. The minimum atomic E-state index is 0.492. The predicted molar refractivity (Wildman–Crippen MR) is 95.5 cm³/mol. The second-order valence-electron chi connectivity index (χ2n) is 6.50. The number of thioether (sulfide) groups is 1. The predicted octanol–water partition coefficient (Wildman–Crippen LogP) is 4.37. The Morgan fingerprint density at radius 2 is 2.23 bits per heavy atom. The number of hydrogen-bond donors (Lipinski definition) is 1. The number of nitrogens with zero attached hydrogens (tertiary/aromatic N) is 1. The van der Waals surface area contributed by atoms with Crippen molar-refractivity contribution in [3.8, 4) is 5.75 Å². The summed E-state index contributed by atoms with van der Waals surface area (Å²) < 4.78 is 0. The van der Waals surface area contributed by atoms with Crippen LogP contribution in [0.3, 0.4) is 0 Å². The van der Waals surface area contributed by atoms with Gasteiger partial charge in [-0.05, 0) is 74.2 Å². The zero-order chi connectivity index (χ0) is 15.4. The van der Waals surface area contributed by atoms with Gasteiger partial charge < -0.3 is 10.0 Å². The van der Waals surface area contributed by atoms with E-state index >= 15 is 0 Å². The molecule has 0 radical (unpaired) electrons. The molecule has 2 nitrogen and oxygen atoms in total. The van der Waals surface area contributed by atoms with Gasteiger partial charge in [0, 0.05) is 11.3 Å². The first-order valence-electron chi connectivity index (χ1n) is 8.62. The Labute approximate surface area is 138 Å². The molecule has 3 rings (SSSR count). The molecule has 0 saturated carbocycles. The second kappa shape index (κ2) is 7.56. The number of phenolic OH excluding ortho intramolecular Hbond substituents is 1. The lowest BCUT2D eigenvalue weighted by Crippen LogP contribution is -2.41. The van der Waals surface area contributed by atoms with Gasteiger partial charge in [0.1, 0.15) is 5.75 Å². The van der Waals surface area contributed by atoms with Crippen molar-refractivity contribution in [3.05, 3.63) is 40.8 Å². The molecular weight excluding hydrogens is 290 g/mol. The Hall–Kier alpha value is -0.930. The SMILES string of the molecule is CCCN(CCC1CC=CS1)[C@H]1CCc2c(O)cccc2C1. The van der Waals surface area contributed by atoms with Crippen LogP contribution in [-0.4, -0.2) is 34.4 Å². The van der Waals surface area contributed by atoms with Gasteiger partial charge in [0.15, 0.2) is 0 Å². The third-order valence-corrected chi connectivity index (χ3v) is 6.13. The molecule has 1 N–H and O–H groups in total. The third-order valence-electron chi connectivity index (χ3n) is 4.96. The van der Waals surface area contributed by atoms with E-state index in [1.165, 1.54) is 49.9 Å². The number of phenols is 1. The van der Waals surface area contributed by atoms with Crippen molar-refractivity contribution in [2.45, 2.75) is 56.7 Å². The normalized spacial score (nSPS) is 23.9. The topological polar surface area (TPSA) is 23.5 Å². The molecule has 1 aliphatic heterocycles. The minimum absolute atomic E-state index is 0.492. The van der Waals surface area contributed by atoms with E-state index < -0.39 is 0 Å². The van der Waals surface area contributed by atoms with Gasteiger partial charge in [-0.15, -0.1) is 11.8 Å². The van der Waals surface area contributed by atoms with Crippen LogP contribution in [0.1, 0.15) is 43.7 Å². The molecule has 1 unspecified atom stereocenters. The first-order chi connectivity index (χ1) is 10.8. The summed E-state index contributed by atoms with van der Waals surface area (Å²) in [6, 6.07) is 6.66. The Balaban J connectivity index is 1.62. The summed E-state index contributed by atoms with van der Waals surface area (Å²) in [5.74, 6) is 0.492. The molecule has 0 fully saturated rings. The monoisotopic (exact) mass is 317 g/mol. The van der Waals surface area contributed by atoms with Crippen LogP contribution in [0.2, 0.25) is 0 Å². The summed E-state index contributed by atoms with van der Waals surface area (Å²) in [4.78, 5) is 2.70. The van der Waals surface area contributed by atoms with Crippen LogP contribution in [-0.2, 0) is 12.8 Å². The maximum absolute atomic E-state index is 10.0. The van der Waals surface area contributed by atoms with Gasteiger partial charge in [0.05, 0.1) is 0 Å². The number of benzene rings is 1. The standard InChI is InChI=1S/C19H27NOS/c1-2-11-20(12-10-17-6-4-13-22-17)16-8-9-18-15(14-16)5-3-7-19(18)21/h3-5,7,13,16-17,21H,2,6,8-12,14H2,1H3/t16-,17?/m0/s1. The first kappa shape index (κ1) is 15.9. The maximum atomic E-state index is 10.0. The van der Waals surface area contributed by atoms with E-state index in [2.05, 4.69) is 29.4 Å². The fourth-order valence-electron chi connectivity index (χ4n) is 3.77. The smallest absolute Gasteiger partial charge is 0.119 e. The van der Waals surface area contributed by atoms with Gasteiger partial charge in [0.2, 0.25) is 0 Å². The van der Waals surface area contributed by atoms with Gasteiger partial charge in [-0.25, -0.2) is 0 Å².